The van der Waals surface area contributed by atoms with Gasteiger partial charge in [-0.3, -0.25) is 4.57 Å². The minimum atomic E-state index is -1.60. The third-order valence-corrected chi connectivity index (χ3v) is 4.59. The second-order valence-electron chi connectivity index (χ2n) is 6.29. The lowest BCUT2D eigenvalue weighted by Crippen LogP contribution is -2.44. The van der Waals surface area contributed by atoms with Crippen molar-refractivity contribution in [1.29, 1.82) is 0 Å². The molecule has 0 radical (unpaired) electrons. The predicted molar refractivity (Wildman–Crippen MR) is 88.4 cm³/mol. The van der Waals surface area contributed by atoms with Gasteiger partial charge in [0.2, 0.25) is 0 Å². The van der Waals surface area contributed by atoms with Gasteiger partial charge in [-0.25, -0.2) is 15.0 Å². The molecule has 25 heavy (non-hydrogen) atoms. The fourth-order valence-electron chi connectivity index (χ4n) is 3.22. The summed E-state index contributed by atoms with van der Waals surface area (Å²) in [5, 5.41) is 30.2. The highest BCUT2D eigenvalue weighted by Gasteiger charge is 2.53. The number of hydrogen-bond donors (Lipinski definition) is 3. The van der Waals surface area contributed by atoms with Gasteiger partial charge in [-0.15, -0.1) is 0 Å². The number of benzene rings is 1. The van der Waals surface area contributed by atoms with Gasteiger partial charge >= 0.3 is 0 Å². The molecule has 2 aromatic heterocycles. The quantitative estimate of drug-likeness (QED) is 0.635. The number of aliphatic hydroxyl groups excluding tert-OH is 2. The van der Waals surface area contributed by atoms with E-state index in [0.717, 1.165) is 5.56 Å². The maximum absolute atomic E-state index is 10.7. The average molecular weight is 342 g/mol. The minimum absolute atomic E-state index is 0.398. The van der Waals surface area contributed by atoms with Crippen LogP contribution in [-0.4, -0.2) is 59.3 Å². The van der Waals surface area contributed by atoms with Gasteiger partial charge in [0, 0.05) is 5.56 Å². The van der Waals surface area contributed by atoms with Crippen LogP contribution in [0.4, 0.5) is 0 Å². The fourth-order valence-corrected chi connectivity index (χ4v) is 3.22. The van der Waals surface area contributed by atoms with E-state index in [2.05, 4.69) is 15.0 Å². The van der Waals surface area contributed by atoms with Crippen LogP contribution in [0.3, 0.4) is 0 Å². The molecule has 0 amide bonds. The van der Waals surface area contributed by atoms with E-state index in [0.29, 0.717) is 16.9 Å². The van der Waals surface area contributed by atoms with Crippen molar-refractivity contribution >= 4 is 11.2 Å². The van der Waals surface area contributed by atoms with Gasteiger partial charge in [0.05, 0.1) is 12.9 Å². The molecule has 130 valence electrons. The number of imidazole rings is 1. The molecule has 0 spiro atoms. The largest absolute Gasteiger partial charge is 0.394 e. The Morgan fingerprint density at radius 2 is 1.96 bits per heavy atom. The number of fused-ring (bicyclic) bond motifs is 1. The van der Waals surface area contributed by atoms with Gasteiger partial charge in [0.15, 0.2) is 11.9 Å². The fraction of sp³-hybridized carbons (Fsp3) is 0.353. The molecule has 4 atom stereocenters. The zero-order valence-corrected chi connectivity index (χ0v) is 13.5. The second-order valence-corrected chi connectivity index (χ2v) is 6.29. The van der Waals surface area contributed by atoms with Crippen LogP contribution in [0.5, 0.6) is 0 Å². The third-order valence-electron chi connectivity index (χ3n) is 4.59. The Morgan fingerprint density at radius 1 is 1.20 bits per heavy atom. The number of hydrogen-bond acceptors (Lipinski definition) is 7. The van der Waals surface area contributed by atoms with E-state index in [4.69, 9.17) is 4.74 Å². The van der Waals surface area contributed by atoms with Crippen LogP contribution in [-0.2, 0) is 4.74 Å². The molecule has 1 aliphatic rings. The molecule has 8 heteroatoms. The normalized spacial score (nSPS) is 29.4. The maximum atomic E-state index is 10.7. The van der Waals surface area contributed by atoms with Crippen molar-refractivity contribution in [3.05, 3.63) is 43.0 Å². The van der Waals surface area contributed by atoms with Gasteiger partial charge in [0.1, 0.15) is 35.3 Å². The first-order chi connectivity index (χ1) is 12.0. The van der Waals surface area contributed by atoms with Crippen molar-refractivity contribution in [2.45, 2.75) is 31.0 Å². The Morgan fingerprint density at radius 3 is 2.64 bits per heavy atom. The number of nitrogens with zero attached hydrogens (tertiary/aromatic N) is 4. The summed E-state index contributed by atoms with van der Waals surface area (Å²) in [5.74, 6) is 0. The monoisotopic (exact) mass is 342 g/mol. The zero-order chi connectivity index (χ0) is 17.6. The molecular formula is C17H18N4O4. The first-order valence-corrected chi connectivity index (χ1v) is 7.93. The minimum Gasteiger partial charge on any atom is -0.394 e. The molecule has 1 aromatic carbocycles. The van der Waals surface area contributed by atoms with E-state index in [9.17, 15) is 15.3 Å². The summed E-state index contributed by atoms with van der Waals surface area (Å²) in [7, 11) is 0. The molecule has 0 bridgehead atoms. The number of aromatic nitrogens is 4. The molecule has 0 saturated carbocycles. The van der Waals surface area contributed by atoms with Crippen LogP contribution < -0.4 is 0 Å². The first-order valence-electron chi connectivity index (χ1n) is 7.93. The predicted octanol–water partition coefficient (Wildman–Crippen LogP) is 0.495. The van der Waals surface area contributed by atoms with Crippen molar-refractivity contribution in [3.63, 3.8) is 0 Å². The van der Waals surface area contributed by atoms with Gasteiger partial charge in [0.25, 0.3) is 0 Å². The summed E-state index contributed by atoms with van der Waals surface area (Å²) < 4.78 is 7.21. The van der Waals surface area contributed by atoms with E-state index < -0.39 is 30.6 Å². The standard InChI is InChI=1S/C17H18N4O4/c1-17(24)14(23)11(7-22)25-16(17)21-9-20-13-12(18-8-19-15(13)21)10-5-3-2-4-6-10/h2-6,8-9,11,14,16,22-24H,7H2,1H3. The molecular weight excluding hydrogens is 324 g/mol. The summed E-state index contributed by atoms with van der Waals surface area (Å²) in [6.07, 6.45) is -0.115. The lowest BCUT2D eigenvalue weighted by atomic mass is 9.96. The lowest BCUT2D eigenvalue weighted by Gasteiger charge is -2.27. The molecule has 4 unspecified atom stereocenters. The van der Waals surface area contributed by atoms with Gasteiger partial charge in [-0.1, -0.05) is 30.3 Å². The zero-order valence-electron chi connectivity index (χ0n) is 13.5. The van der Waals surface area contributed by atoms with Gasteiger partial charge in [-0.05, 0) is 6.92 Å². The Hall–Kier alpha value is -2.39. The lowest BCUT2D eigenvalue weighted by molar-refractivity contribution is -0.0950. The number of ether oxygens (including phenoxy) is 1. The van der Waals surface area contributed by atoms with E-state index in [1.807, 2.05) is 30.3 Å². The average Bonchev–Trinajstić information content (AvgIpc) is 3.15. The van der Waals surface area contributed by atoms with Crippen LogP contribution in [0.2, 0.25) is 0 Å². The topological polar surface area (TPSA) is 114 Å². The van der Waals surface area contributed by atoms with Gasteiger partial charge < -0.3 is 20.1 Å². The van der Waals surface area contributed by atoms with Gasteiger partial charge in [-0.2, -0.15) is 0 Å². The summed E-state index contributed by atoms with van der Waals surface area (Å²) in [4.78, 5) is 13.0. The van der Waals surface area contributed by atoms with E-state index in [1.54, 1.807) is 4.57 Å². The second kappa shape index (κ2) is 5.85. The third kappa shape index (κ3) is 2.42. The SMILES string of the molecule is CC1(O)C(O)C(CO)OC1n1cnc2c(-c3ccccc3)ncnc21. The molecule has 1 aliphatic heterocycles. The Balaban J connectivity index is 1.83. The highest BCUT2D eigenvalue weighted by atomic mass is 16.6. The molecule has 4 rings (SSSR count). The molecule has 3 heterocycles. The summed E-state index contributed by atoms with van der Waals surface area (Å²) >= 11 is 0. The van der Waals surface area contributed by atoms with Crippen molar-refractivity contribution < 1.29 is 20.1 Å². The Labute approximate surface area is 143 Å². The van der Waals surface area contributed by atoms with Crippen molar-refractivity contribution in [1.82, 2.24) is 19.5 Å². The number of aliphatic hydroxyl groups is 3. The van der Waals surface area contributed by atoms with E-state index in [1.165, 1.54) is 19.6 Å². The van der Waals surface area contributed by atoms with Crippen LogP contribution in [0.25, 0.3) is 22.4 Å². The molecule has 1 saturated heterocycles. The van der Waals surface area contributed by atoms with E-state index in [-0.39, 0.29) is 0 Å². The first kappa shape index (κ1) is 16.1. The molecule has 8 nitrogen and oxygen atoms in total. The van der Waals surface area contributed by atoms with Crippen LogP contribution in [0.1, 0.15) is 13.2 Å². The summed E-state index contributed by atoms with van der Waals surface area (Å²) in [6.45, 7) is 1.06. The van der Waals surface area contributed by atoms with Crippen LogP contribution in [0, 0.1) is 0 Å². The van der Waals surface area contributed by atoms with Crippen molar-refractivity contribution in [2.75, 3.05) is 6.61 Å². The van der Waals surface area contributed by atoms with Crippen LogP contribution >= 0.6 is 0 Å². The molecule has 0 aliphatic carbocycles. The summed E-state index contributed by atoms with van der Waals surface area (Å²) in [5.41, 5.74) is 1.01. The molecule has 3 aromatic rings. The smallest absolute Gasteiger partial charge is 0.168 e. The number of rotatable bonds is 3. The van der Waals surface area contributed by atoms with Crippen LogP contribution in [0.15, 0.2) is 43.0 Å². The highest BCUT2D eigenvalue weighted by molar-refractivity contribution is 5.87. The molecule has 3 N–H and O–H groups in total. The summed E-state index contributed by atoms with van der Waals surface area (Å²) in [6, 6.07) is 9.59. The molecule has 1 fully saturated rings. The highest BCUT2D eigenvalue weighted by Crippen LogP contribution is 2.39. The van der Waals surface area contributed by atoms with E-state index >= 15 is 0 Å². The Kier molecular flexibility index (Phi) is 3.77. The Bertz CT molecular complexity index is 896. The maximum Gasteiger partial charge on any atom is 0.168 e. The van der Waals surface area contributed by atoms with Crippen molar-refractivity contribution in [3.8, 4) is 11.3 Å². The van der Waals surface area contributed by atoms with Crippen molar-refractivity contribution in [2.24, 2.45) is 0 Å².